The van der Waals surface area contributed by atoms with Crippen LogP contribution in [0.1, 0.15) is 25.2 Å². The van der Waals surface area contributed by atoms with Gasteiger partial charge in [-0.15, -0.1) is 22.7 Å². The number of hydrogen-bond donors (Lipinski definition) is 2. The Morgan fingerprint density at radius 1 is 1.42 bits per heavy atom. The van der Waals surface area contributed by atoms with Crippen LogP contribution in [0.5, 0.6) is 0 Å². The monoisotopic (exact) mass is 360 g/mol. The Labute approximate surface area is 125 Å². The third-order valence-electron chi connectivity index (χ3n) is 2.20. The van der Waals surface area contributed by atoms with Crippen LogP contribution in [0.15, 0.2) is 21.3 Å². The first-order valence-electron chi connectivity index (χ1n) is 5.27. The topological polar surface area (TPSA) is 79.3 Å². The number of aromatic carboxylic acids is 1. The van der Waals surface area contributed by atoms with Crippen molar-refractivity contribution in [2.24, 2.45) is 0 Å². The summed E-state index contributed by atoms with van der Waals surface area (Å²) in [5.74, 6) is -1.47. The summed E-state index contributed by atoms with van der Waals surface area (Å²) in [7, 11) is 0. The van der Waals surface area contributed by atoms with E-state index in [1.807, 2.05) is 12.1 Å². The fraction of sp³-hybridized carbons (Fsp3) is 0.182. The van der Waals surface area contributed by atoms with Gasteiger partial charge in [-0.2, -0.15) is 0 Å². The molecular weight excluding hydrogens is 352 g/mol. The normalized spacial score (nSPS) is 10.4. The number of aromatic nitrogens is 1. The fourth-order valence-electron chi connectivity index (χ4n) is 1.34. The number of amides is 1. The first-order valence-corrected chi connectivity index (χ1v) is 7.76. The van der Waals surface area contributed by atoms with Crippen molar-refractivity contribution in [3.05, 3.63) is 36.9 Å². The summed E-state index contributed by atoms with van der Waals surface area (Å²) < 4.78 is 1.06. The molecule has 0 atom stereocenters. The lowest BCUT2D eigenvalue weighted by Gasteiger charge is -2.00. The predicted molar refractivity (Wildman–Crippen MR) is 77.1 cm³/mol. The van der Waals surface area contributed by atoms with Gasteiger partial charge in [0.1, 0.15) is 0 Å². The van der Waals surface area contributed by atoms with Gasteiger partial charge in [0.2, 0.25) is 0 Å². The molecule has 0 aliphatic rings. The zero-order valence-corrected chi connectivity index (χ0v) is 12.8. The van der Waals surface area contributed by atoms with Gasteiger partial charge in [0.15, 0.2) is 10.7 Å². The van der Waals surface area contributed by atoms with Gasteiger partial charge in [-0.05, 0) is 34.5 Å². The lowest BCUT2D eigenvalue weighted by Crippen LogP contribution is -2.25. The number of carbonyl (C=O) groups is 2. The molecule has 100 valence electrons. The molecule has 8 heteroatoms. The van der Waals surface area contributed by atoms with Crippen LogP contribution in [0.4, 0.5) is 0 Å². The zero-order valence-electron chi connectivity index (χ0n) is 9.55. The summed E-state index contributed by atoms with van der Waals surface area (Å²) in [6, 6.07) is 3.95. The molecule has 0 bridgehead atoms. The van der Waals surface area contributed by atoms with Crippen LogP contribution in [0, 0.1) is 0 Å². The van der Waals surface area contributed by atoms with Crippen LogP contribution in [0.2, 0.25) is 0 Å². The van der Waals surface area contributed by atoms with Crippen molar-refractivity contribution in [1.82, 2.24) is 10.3 Å². The van der Waals surface area contributed by atoms with Crippen molar-refractivity contribution in [1.29, 1.82) is 0 Å². The van der Waals surface area contributed by atoms with Crippen LogP contribution in [-0.4, -0.2) is 28.5 Å². The van der Waals surface area contributed by atoms with Crippen LogP contribution in [-0.2, 0) is 6.42 Å². The second-order valence-corrected chi connectivity index (χ2v) is 6.96. The quantitative estimate of drug-likeness (QED) is 0.858. The Balaban J connectivity index is 1.85. The van der Waals surface area contributed by atoms with Crippen molar-refractivity contribution in [2.75, 3.05) is 6.54 Å². The van der Waals surface area contributed by atoms with E-state index in [0.29, 0.717) is 6.54 Å². The van der Waals surface area contributed by atoms with E-state index in [4.69, 9.17) is 5.11 Å². The zero-order chi connectivity index (χ0) is 13.8. The van der Waals surface area contributed by atoms with E-state index in [1.54, 1.807) is 11.3 Å². The summed E-state index contributed by atoms with van der Waals surface area (Å²) in [5.41, 5.74) is -0.0997. The average molecular weight is 361 g/mol. The summed E-state index contributed by atoms with van der Waals surface area (Å²) in [6.07, 6.45) is 0.735. The highest BCUT2D eigenvalue weighted by atomic mass is 79.9. The average Bonchev–Trinajstić information content (AvgIpc) is 2.98. The van der Waals surface area contributed by atoms with Crippen molar-refractivity contribution < 1.29 is 14.7 Å². The van der Waals surface area contributed by atoms with Gasteiger partial charge in [-0.25, -0.2) is 9.78 Å². The van der Waals surface area contributed by atoms with Gasteiger partial charge in [-0.3, -0.25) is 4.79 Å². The number of carboxylic acid groups (broad SMARTS) is 1. The summed E-state index contributed by atoms with van der Waals surface area (Å²) in [5, 5.41) is 13.0. The molecule has 0 saturated heterocycles. The Morgan fingerprint density at radius 3 is 2.79 bits per heavy atom. The third-order valence-corrected chi connectivity index (χ3v) is 4.73. The van der Waals surface area contributed by atoms with Crippen LogP contribution >= 0.6 is 38.6 Å². The van der Waals surface area contributed by atoms with E-state index in [0.717, 1.165) is 26.4 Å². The smallest absolute Gasteiger partial charge is 0.355 e. The standard InChI is InChI=1S/C11H9BrN2O3S2/c12-8-2-1-6(19-8)3-4-13-9(15)10-14-7(5-18-10)11(16)17/h1-2,5H,3-4H2,(H,13,15)(H,16,17). The number of thiophene rings is 1. The van der Waals surface area contributed by atoms with E-state index < -0.39 is 5.97 Å². The van der Waals surface area contributed by atoms with Crippen molar-refractivity contribution in [3.63, 3.8) is 0 Å². The van der Waals surface area contributed by atoms with Crippen LogP contribution < -0.4 is 5.32 Å². The Kier molecular flexibility index (Phi) is 4.67. The van der Waals surface area contributed by atoms with Crippen molar-refractivity contribution in [3.8, 4) is 0 Å². The van der Waals surface area contributed by atoms with E-state index >= 15 is 0 Å². The molecule has 0 radical (unpaired) electrons. The number of rotatable bonds is 5. The lowest BCUT2D eigenvalue weighted by atomic mass is 10.3. The molecule has 1 amide bonds. The molecular formula is C11H9BrN2O3S2. The highest BCUT2D eigenvalue weighted by Crippen LogP contribution is 2.22. The first-order chi connectivity index (χ1) is 9.06. The summed E-state index contributed by atoms with van der Waals surface area (Å²) >= 11 is 6.02. The maximum absolute atomic E-state index is 11.7. The highest BCUT2D eigenvalue weighted by Gasteiger charge is 2.14. The van der Waals surface area contributed by atoms with E-state index in [9.17, 15) is 9.59 Å². The molecule has 2 aromatic heterocycles. The predicted octanol–water partition coefficient (Wildman–Crippen LogP) is 2.64. The molecule has 2 heterocycles. The summed E-state index contributed by atoms with van der Waals surface area (Å²) in [6.45, 7) is 0.494. The number of hydrogen-bond acceptors (Lipinski definition) is 5. The van der Waals surface area contributed by atoms with Gasteiger partial charge in [0, 0.05) is 16.8 Å². The Morgan fingerprint density at radius 2 is 2.21 bits per heavy atom. The maximum Gasteiger partial charge on any atom is 0.355 e. The largest absolute Gasteiger partial charge is 0.476 e. The molecule has 0 saturated carbocycles. The second kappa shape index (κ2) is 6.27. The van der Waals surface area contributed by atoms with Crippen molar-refractivity contribution >= 4 is 50.5 Å². The minimum absolute atomic E-state index is 0.0997. The van der Waals surface area contributed by atoms with E-state index in [2.05, 4.69) is 26.2 Å². The Hall–Kier alpha value is -1.25. The van der Waals surface area contributed by atoms with Gasteiger partial charge >= 0.3 is 5.97 Å². The molecule has 0 aromatic carbocycles. The molecule has 19 heavy (non-hydrogen) atoms. The molecule has 2 aromatic rings. The van der Waals surface area contributed by atoms with Gasteiger partial charge in [-0.1, -0.05) is 0 Å². The van der Waals surface area contributed by atoms with Crippen LogP contribution in [0.25, 0.3) is 0 Å². The molecule has 0 aliphatic heterocycles. The van der Waals surface area contributed by atoms with Crippen LogP contribution in [0.3, 0.4) is 0 Å². The number of carbonyl (C=O) groups excluding carboxylic acids is 1. The van der Waals surface area contributed by atoms with Gasteiger partial charge in [0.05, 0.1) is 3.79 Å². The SMILES string of the molecule is O=C(O)c1csc(C(=O)NCCc2ccc(Br)s2)n1. The minimum atomic E-state index is -1.13. The van der Waals surface area contributed by atoms with Gasteiger partial charge < -0.3 is 10.4 Å². The van der Waals surface area contributed by atoms with E-state index in [-0.39, 0.29) is 16.6 Å². The van der Waals surface area contributed by atoms with E-state index in [1.165, 1.54) is 5.38 Å². The molecule has 0 aliphatic carbocycles. The molecule has 0 fully saturated rings. The molecule has 0 spiro atoms. The summed E-state index contributed by atoms with van der Waals surface area (Å²) in [4.78, 5) is 27.3. The minimum Gasteiger partial charge on any atom is -0.476 e. The first kappa shape index (κ1) is 14.2. The highest BCUT2D eigenvalue weighted by molar-refractivity contribution is 9.11. The van der Waals surface area contributed by atoms with Gasteiger partial charge in [0.25, 0.3) is 5.91 Å². The number of thiazole rings is 1. The molecule has 2 rings (SSSR count). The Bertz CT molecular complexity index is 609. The number of halogens is 1. The van der Waals surface area contributed by atoms with Crippen molar-refractivity contribution in [2.45, 2.75) is 6.42 Å². The number of nitrogens with one attached hydrogen (secondary N) is 1. The number of carboxylic acids is 1. The molecule has 2 N–H and O–H groups in total. The number of nitrogens with zero attached hydrogens (tertiary/aromatic N) is 1. The lowest BCUT2D eigenvalue weighted by molar-refractivity contribution is 0.0691. The fourth-order valence-corrected chi connectivity index (χ4v) is 3.53. The second-order valence-electron chi connectivity index (χ2n) is 3.55. The molecule has 5 nitrogen and oxygen atoms in total. The molecule has 0 unspecified atom stereocenters. The third kappa shape index (κ3) is 3.85. The maximum atomic E-state index is 11.7.